The first-order valence-electron chi connectivity index (χ1n) is 5.27. The predicted octanol–water partition coefficient (Wildman–Crippen LogP) is 2.01. The van der Waals surface area contributed by atoms with E-state index in [0.717, 1.165) is 13.2 Å². The lowest BCUT2D eigenvalue weighted by Gasteiger charge is -2.18. The number of fused-ring (bicyclic) bond motifs is 1. The van der Waals surface area contributed by atoms with E-state index in [1.807, 2.05) is 11.8 Å². The molecular formula is C12H14N2S. The van der Waals surface area contributed by atoms with Crippen LogP contribution in [-0.2, 0) is 6.54 Å². The summed E-state index contributed by atoms with van der Waals surface area (Å²) in [6, 6.07) is 11.3. The first-order chi connectivity index (χ1) is 7.43. The fraction of sp³-hybridized carbons (Fsp3) is 0.333. The van der Waals surface area contributed by atoms with E-state index in [-0.39, 0.29) is 0 Å². The molecule has 0 radical (unpaired) electrons. The Morgan fingerprint density at radius 1 is 1.33 bits per heavy atom. The molecule has 3 heteroatoms. The molecule has 1 saturated heterocycles. The minimum Gasteiger partial charge on any atom is -0.356 e. The Labute approximate surface area is 94.4 Å². The molecule has 1 unspecified atom stereocenters. The molecule has 1 N–H and O–H groups in total. The smallest absolute Gasteiger partial charge is 0.0689 e. The van der Waals surface area contributed by atoms with Gasteiger partial charge in [-0.05, 0) is 11.0 Å². The average Bonchev–Trinajstić information content (AvgIpc) is 2.85. The third kappa shape index (κ3) is 1.77. The number of rotatable bonds is 2. The summed E-state index contributed by atoms with van der Waals surface area (Å²) in [5.74, 6) is 1.20. The molecular weight excluding hydrogens is 204 g/mol. The summed E-state index contributed by atoms with van der Waals surface area (Å²) in [7, 11) is 0. The van der Waals surface area contributed by atoms with E-state index < -0.39 is 0 Å². The second-order valence-corrected chi connectivity index (χ2v) is 4.88. The van der Waals surface area contributed by atoms with Gasteiger partial charge in [0.15, 0.2) is 0 Å². The van der Waals surface area contributed by atoms with Crippen molar-refractivity contribution in [2.24, 2.45) is 0 Å². The summed E-state index contributed by atoms with van der Waals surface area (Å²) in [6.45, 7) is 2.02. The van der Waals surface area contributed by atoms with Gasteiger partial charge in [0.05, 0.1) is 12.7 Å². The Morgan fingerprint density at radius 2 is 2.20 bits per heavy atom. The minimum absolute atomic E-state index is 0.596. The van der Waals surface area contributed by atoms with E-state index in [1.165, 1.54) is 17.0 Å². The molecule has 0 spiro atoms. The number of hydrogen-bond donors (Lipinski definition) is 1. The van der Waals surface area contributed by atoms with Gasteiger partial charge in [0, 0.05) is 18.0 Å². The van der Waals surface area contributed by atoms with Crippen LogP contribution in [0.2, 0.25) is 0 Å². The predicted molar refractivity (Wildman–Crippen MR) is 64.3 cm³/mol. The van der Waals surface area contributed by atoms with E-state index in [2.05, 4.69) is 46.0 Å². The average molecular weight is 218 g/mol. The van der Waals surface area contributed by atoms with Crippen LogP contribution in [0.4, 0.5) is 0 Å². The van der Waals surface area contributed by atoms with Crippen molar-refractivity contribution in [3.8, 4) is 0 Å². The number of benzene rings is 1. The summed E-state index contributed by atoms with van der Waals surface area (Å²) in [5.41, 5.74) is 2.86. The number of hydrogen-bond acceptors (Lipinski definition) is 3. The van der Waals surface area contributed by atoms with Crippen LogP contribution in [0.25, 0.3) is 0 Å². The third-order valence-electron chi connectivity index (χ3n) is 2.93. The van der Waals surface area contributed by atoms with E-state index in [1.54, 1.807) is 0 Å². The Kier molecular flexibility index (Phi) is 2.43. The highest BCUT2D eigenvalue weighted by molar-refractivity contribution is 8.02. The van der Waals surface area contributed by atoms with E-state index in [0.29, 0.717) is 6.04 Å². The number of nitrogens with zero attached hydrogens (tertiary/aromatic N) is 1. The van der Waals surface area contributed by atoms with Crippen LogP contribution < -0.4 is 5.32 Å². The lowest BCUT2D eigenvalue weighted by Crippen LogP contribution is -2.23. The van der Waals surface area contributed by atoms with Gasteiger partial charge < -0.3 is 4.90 Å². The monoisotopic (exact) mass is 218 g/mol. The first kappa shape index (κ1) is 9.31. The SMILES string of the molecule is C1=C2C(CS1)NCN2Cc1ccccc1. The Hall–Kier alpha value is -0.930. The molecule has 0 bridgehead atoms. The Balaban J connectivity index is 1.74. The lowest BCUT2D eigenvalue weighted by molar-refractivity contribution is 0.377. The van der Waals surface area contributed by atoms with E-state index in [9.17, 15) is 0 Å². The molecule has 0 saturated carbocycles. The number of thioether (sulfide) groups is 1. The molecule has 78 valence electrons. The molecule has 2 heterocycles. The molecule has 1 atom stereocenters. The van der Waals surface area contributed by atoms with Crippen LogP contribution in [0.5, 0.6) is 0 Å². The molecule has 2 aliphatic heterocycles. The first-order valence-corrected chi connectivity index (χ1v) is 6.32. The second-order valence-electron chi connectivity index (χ2n) is 3.97. The van der Waals surface area contributed by atoms with Gasteiger partial charge in [0.1, 0.15) is 0 Å². The molecule has 0 amide bonds. The van der Waals surface area contributed by atoms with Gasteiger partial charge in [-0.3, -0.25) is 5.32 Å². The largest absolute Gasteiger partial charge is 0.356 e. The van der Waals surface area contributed by atoms with Gasteiger partial charge in [-0.1, -0.05) is 30.3 Å². The fourth-order valence-electron chi connectivity index (χ4n) is 2.12. The minimum atomic E-state index is 0.596. The molecule has 1 aromatic rings. The van der Waals surface area contributed by atoms with Crippen LogP contribution in [0, 0.1) is 0 Å². The molecule has 1 aromatic carbocycles. The standard InChI is InChI=1S/C12H14N2S/c1-2-4-10(5-3-1)6-14-9-13-11-7-15-8-12(11)14/h1-5,8,11,13H,6-7,9H2. The van der Waals surface area contributed by atoms with Gasteiger partial charge in [0.25, 0.3) is 0 Å². The Morgan fingerprint density at radius 3 is 3.07 bits per heavy atom. The fourth-order valence-corrected chi connectivity index (χ4v) is 3.18. The van der Waals surface area contributed by atoms with Gasteiger partial charge >= 0.3 is 0 Å². The molecule has 2 aliphatic rings. The zero-order valence-electron chi connectivity index (χ0n) is 8.52. The van der Waals surface area contributed by atoms with Crippen LogP contribution in [-0.4, -0.2) is 23.4 Å². The molecule has 0 aromatic heterocycles. The summed E-state index contributed by atoms with van der Waals surface area (Å²) < 4.78 is 0. The van der Waals surface area contributed by atoms with E-state index >= 15 is 0 Å². The van der Waals surface area contributed by atoms with Gasteiger partial charge in [-0.15, -0.1) is 11.8 Å². The topological polar surface area (TPSA) is 15.3 Å². The maximum atomic E-state index is 3.53. The normalized spacial score (nSPS) is 24.1. The molecule has 3 rings (SSSR count). The molecule has 15 heavy (non-hydrogen) atoms. The zero-order chi connectivity index (χ0) is 10.1. The van der Waals surface area contributed by atoms with E-state index in [4.69, 9.17) is 0 Å². The highest BCUT2D eigenvalue weighted by Crippen LogP contribution is 2.30. The summed E-state index contributed by atoms with van der Waals surface area (Å²) in [5, 5.41) is 5.82. The summed E-state index contributed by atoms with van der Waals surface area (Å²) >= 11 is 1.91. The maximum Gasteiger partial charge on any atom is 0.0689 e. The van der Waals surface area contributed by atoms with Crippen molar-refractivity contribution in [3.63, 3.8) is 0 Å². The molecule has 0 aliphatic carbocycles. The van der Waals surface area contributed by atoms with Crippen molar-refractivity contribution in [1.29, 1.82) is 0 Å². The highest BCUT2D eigenvalue weighted by atomic mass is 32.2. The zero-order valence-corrected chi connectivity index (χ0v) is 9.33. The second kappa shape index (κ2) is 3.91. The quantitative estimate of drug-likeness (QED) is 0.817. The van der Waals surface area contributed by atoms with Crippen LogP contribution in [0.1, 0.15) is 5.56 Å². The van der Waals surface area contributed by atoms with Crippen LogP contribution >= 0.6 is 11.8 Å². The highest BCUT2D eigenvalue weighted by Gasteiger charge is 2.30. The van der Waals surface area contributed by atoms with Gasteiger partial charge in [0.2, 0.25) is 0 Å². The molecule has 1 fully saturated rings. The van der Waals surface area contributed by atoms with Crippen molar-refractivity contribution >= 4 is 11.8 Å². The lowest BCUT2D eigenvalue weighted by atomic mass is 10.2. The maximum absolute atomic E-state index is 3.53. The summed E-state index contributed by atoms with van der Waals surface area (Å²) in [6.07, 6.45) is 0. The van der Waals surface area contributed by atoms with Gasteiger partial charge in [-0.2, -0.15) is 0 Å². The third-order valence-corrected chi connectivity index (χ3v) is 3.87. The Bertz CT molecular complexity index is 374. The van der Waals surface area contributed by atoms with Crippen molar-refractivity contribution in [2.45, 2.75) is 12.6 Å². The number of nitrogens with one attached hydrogen (secondary N) is 1. The summed E-state index contributed by atoms with van der Waals surface area (Å²) in [4.78, 5) is 2.43. The van der Waals surface area contributed by atoms with Crippen LogP contribution in [0.15, 0.2) is 41.4 Å². The van der Waals surface area contributed by atoms with Crippen molar-refractivity contribution in [1.82, 2.24) is 10.2 Å². The van der Waals surface area contributed by atoms with Crippen molar-refractivity contribution in [3.05, 3.63) is 47.0 Å². The van der Waals surface area contributed by atoms with Crippen molar-refractivity contribution in [2.75, 3.05) is 12.4 Å². The van der Waals surface area contributed by atoms with Crippen molar-refractivity contribution < 1.29 is 0 Å². The van der Waals surface area contributed by atoms with Crippen LogP contribution in [0.3, 0.4) is 0 Å². The van der Waals surface area contributed by atoms with Gasteiger partial charge in [-0.25, -0.2) is 0 Å². The molecule has 2 nitrogen and oxygen atoms in total.